The molecular weight excluding hydrogens is 128 g/mol. The van der Waals surface area contributed by atoms with Crippen LogP contribution >= 0.6 is 0 Å². The first-order valence-electron chi connectivity index (χ1n) is 2.29. The number of amides is 2. The average molecular weight is 134 g/mol. The highest BCUT2D eigenvalue weighted by Gasteiger charge is 2.30. The predicted molar refractivity (Wildman–Crippen MR) is 25.2 cm³/mol. The smallest absolute Gasteiger partial charge is 0.319 e. The van der Waals surface area contributed by atoms with E-state index in [4.69, 9.17) is 10.4 Å². The molecule has 6 heteroatoms. The maximum Gasteiger partial charge on any atom is 0.319 e. The summed E-state index contributed by atoms with van der Waals surface area (Å²) in [5.74, 6) is 0. The van der Waals surface area contributed by atoms with Crippen molar-refractivity contribution >= 4 is 6.03 Å². The summed E-state index contributed by atoms with van der Waals surface area (Å²) in [6, 6.07) is -0.568. The predicted octanol–water partition coefficient (Wildman–Crippen LogP) is -1.57. The van der Waals surface area contributed by atoms with Crippen molar-refractivity contribution in [2.45, 2.75) is 12.5 Å². The van der Waals surface area contributed by atoms with Crippen LogP contribution in [0.25, 0.3) is 0 Å². The van der Waals surface area contributed by atoms with Crippen molar-refractivity contribution in [3.05, 3.63) is 0 Å². The van der Waals surface area contributed by atoms with E-state index in [0.717, 1.165) is 0 Å². The molecule has 0 aromatic heterocycles. The third-order valence-corrected chi connectivity index (χ3v) is 0.953. The molecule has 0 aromatic rings. The number of carbonyl (C=O) groups excluding carboxylic acids is 1. The fourth-order valence-corrected chi connectivity index (χ4v) is 0.544. The van der Waals surface area contributed by atoms with Crippen LogP contribution in [0, 0.1) is 0 Å². The fraction of sp³-hybridized carbons (Fsp3) is 0.667. The zero-order valence-electron chi connectivity index (χ0n) is 4.37. The highest BCUT2D eigenvalue weighted by atomic mass is 17.1. The molecule has 1 aliphatic heterocycles. The van der Waals surface area contributed by atoms with E-state index in [1.165, 1.54) is 0 Å². The van der Waals surface area contributed by atoms with Gasteiger partial charge in [-0.15, -0.1) is 0 Å². The molecule has 1 saturated heterocycles. The van der Waals surface area contributed by atoms with Gasteiger partial charge in [0.25, 0.3) is 0 Å². The van der Waals surface area contributed by atoms with E-state index in [9.17, 15) is 4.79 Å². The number of urea groups is 1. The van der Waals surface area contributed by atoms with Crippen LogP contribution in [0.2, 0.25) is 0 Å². The minimum Gasteiger partial charge on any atom is -0.369 e. The Balaban J connectivity index is 2.47. The van der Waals surface area contributed by atoms with Gasteiger partial charge in [-0.1, -0.05) is 0 Å². The highest BCUT2D eigenvalue weighted by Crippen LogP contribution is 1.96. The number of rotatable bonds is 1. The van der Waals surface area contributed by atoms with Crippen molar-refractivity contribution in [3.63, 3.8) is 0 Å². The zero-order chi connectivity index (χ0) is 6.85. The summed E-state index contributed by atoms with van der Waals surface area (Å²) in [5, 5.41) is 20.7. The summed E-state index contributed by atoms with van der Waals surface area (Å²) >= 11 is 0. The molecule has 52 valence electrons. The molecule has 2 atom stereocenters. The lowest BCUT2D eigenvalue weighted by molar-refractivity contribution is -0.297. The molecule has 0 radical (unpaired) electrons. The maximum absolute atomic E-state index is 10.2. The fourth-order valence-electron chi connectivity index (χ4n) is 0.544. The lowest BCUT2D eigenvalue weighted by Gasteiger charge is -2.06. The van der Waals surface area contributed by atoms with Crippen molar-refractivity contribution in [2.24, 2.45) is 0 Å². The van der Waals surface area contributed by atoms with Gasteiger partial charge in [-0.05, 0) is 0 Å². The Kier molecular flexibility index (Phi) is 1.52. The summed E-state index contributed by atoms with van der Waals surface area (Å²) in [6.45, 7) is 0. The lowest BCUT2D eigenvalue weighted by atomic mass is 10.5. The van der Waals surface area contributed by atoms with Crippen LogP contribution in [-0.4, -0.2) is 28.9 Å². The van der Waals surface area contributed by atoms with Crippen LogP contribution in [0.4, 0.5) is 4.79 Å². The first-order valence-corrected chi connectivity index (χ1v) is 2.29. The molecule has 1 heterocycles. The van der Waals surface area contributed by atoms with Gasteiger partial charge in [0.05, 0.1) is 0 Å². The number of nitrogens with one attached hydrogen (secondary N) is 2. The van der Waals surface area contributed by atoms with Crippen molar-refractivity contribution in [1.29, 1.82) is 0 Å². The van der Waals surface area contributed by atoms with Gasteiger partial charge in [0.1, 0.15) is 0 Å². The van der Waals surface area contributed by atoms with E-state index in [1.807, 2.05) is 5.32 Å². The first-order chi connectivity index (χ1) is 4.24. The van der Waals surface area contributed by atoms with Gasteiger partial charge >= 0.3 is 6.03 Å². The van der Waals surface area contributed by atoms with Crippen LogP contribution in [0.15, 0.2) is 0 Å². The Morgan fingerprint density at radius 1 is 1.56 bits per heavy atom. The Morgan fingerprint density at radius 3 is 2.44 bits per heavy atom. The zero-order valence-corrected chi connectivity index (χ0v) is 4.37. The van der Waals surface area contributed by atoms with Gasteiger partial charge in [-0.3, -0.25) is 0 Å². The maximum atomic E-state index is 10.2. The van der Waals surface area contributed by atoms with Gasteiger partial charge in [0.2, 0.25) is 6.23 Å². The molecule has 1 fully saturated rings. The monoisotopic (exact) mass is 134 g/mol. The second-order valence-corrected chi connectivity index (χ2v) is 1.59. The minimum absolute atomic E-state index is 0.568. The van der Waals surface area contributed by atoms with Crippen LogP contribution in [0.1, 0.15) is 0 Å². The topological polar surface area (TPSA) is 90.8 Å². The SMILES string of the molecule is O=C1N[C@@H](O)[C@H](OO)N1. The summed E-state index contributed by atoms with van der Waals surface area (Å²) in [6.07, 6.45) is -2.24. The summed E-state index contributed by atoms with van der Waals surface area (Å²) in [4.78, 5) is 13.9. The van der Waals surface area contributed by atoms with E-state index >= 15 is 0 Å². The van der Waals surface area contributed by atoms with Crippen molar-refractivity contribution in [1.82, 2.24) is 10.6 Å². The number of hydrogen-bond acceptors (Lipinski definition) is 4. The molecule has 2 amide bonds. The van der Waals surface area contributed by atoms with E-state index < -0.39 is 18.5 Å². The summed E-state index contributed by atoms with van der Waals surface area (Å²) in [5.41, 5.74) is 0. The Labute approximate surface area is 50.4 Å². The van der Waals surface area contributed by atoms with Crippen molar-refractivity contribution in [3.8, 4) is 0 Å². The van der Waals surface area contributed by atoms with E-state index in [0.29, 0.717) is 0 Å². The normalized spacial score (nSPS) is 33.8. The van der Waals surface area contributed by atoms with Crippen LogP contribution < -0.4 is 10.6 Å². The standard InChI is InChI=1S/C3H6N2O4/c6-1-2(9-8)5-3(7)4-1/h1-2,6,8H,(H2,4,5,7)/t1-,2-/m0/s1. The Morgan fingerprint density at radius 2 is 2.22 bits per heavy atom. The molecule has 6 nitrogen and oxygen atoms in total. The average Bonchev–Trinajstić information content (AvgIpc) is 2.10. The van der Waals surface area contributed by atoms with Crippen LogP contribution in [0.5, 0.6) is 0 Å². The molecular formula is C3H6N2O4. The van der Waals surface area contributed by atoms with E-state index in [2.05, 4.69) is 10.2 Å². The van der Waals surface area contributed by atoms with Crippen molar-refractivity contribution in [2.75, 3.05) is 0 Å². The van der Waals surface area contributed by atoms with Crippen LogP contribution in [-0.2, 0) is 4.89 Å². The van der Waals surface area contributed by atoms with Gasteiger partial charge in [-0.25, -0.2) is 14.9 Å². The summed E-state index contributed by atoms with van der Waals surface area (Å²) in [7, 11) is 0. The number of aliphatic hydroxyl groups is 1. The van der Waals surface area contributed by atoms with Crippen molar-refractivity contribution < 1.29 is 20.0 Å². The van der Waals surface area contributed by atoms with Crippen LogP contribution in [0.3, 0.4) is 0 Å². The van der Waals surface area contributed by atoms with E-state index in [-0.39, 0.29) is 0 Å². The number of hydrogen-bond donors (Lipinski definition) is 4. The second kappa shape index (κ2) is 2.18. The van der Waals surface area contributed by atoms with Gasteiger partial charge in [0, 0.05) is 0 Å². The van der Waals surface area contributed by atoms with E-state index in [1.54, 1.807) is 0 Å². The third-order valence-electron chi connectivity index (χ3n) is 0.953. The molecule has 0 saturated carbocycles. The number of aliphatic hydroxyl groups excluding tert-OH is 1. The molecule has 1 aliphatic rings. The quantitative estimate of drug-likeness (QED) is 0.257. The van der Waals surface area contributed by atoms with Gasteiger partial charge in [0.15, 0.2) is 6.23 Å². The third kappa shape index (κ3) is 1.10. The molecule has 0 spiro atoms. The highest BCUT2D eigenvalue weighted by molar-refractivity contribution is 5.76. The molecule has 0 unspecified atom stereocenters. The van der Waals surface area contributed by atoms with Gasteiger partial charge in [-0.2, -0.15) is 0 Å². The second-order valence-electron chi connectivity index (χ2n) is 1.59. The lowest BCUT2D eigenvalue weighted by Crippen LogP contribution is -2.34. The Bertz CT molecular complexity index is 127. The molecule has 0 aliphatic carbocycles. The minimum atomic E-state index is -1.18. The molecule has 1 rings (SSSR count). The Hall–Kier alpha value is -0.850. The first kappa shape index (κ1) is 6.27. The molecule has 4 N–H and O–H groups in total. The molecule has 9 heavy (non-hydrogen) atoms. The molecule has 0 bridgehead atoms. The largest absolute Gasteiger partial charge is 0.369 e. The van der Waals surface area contributed by atoms with Gasteiger partial charge < -0.3 is 15.7 Å². The summed E-state index contributed by atoms with van der Waals surface area (Å²) < 4.78 is 0. The number of carbonyl (C=O) groups is 1. The molecule has 0 aromatic carbocycles.